The fourth-order valence-corrected chi connectivity index (χ4v) is 1.67. The van der Waals surface area contributed by atoms with E-state index in [2.05, 4.69) is 4.98 Å². The molecule has 0 unspecified atom stereocenters. The Morgan fingerprint density at radius 3 is 2.73 bits per heavy atom. The molecule has 0 N–H and O–H groups in total. The van der Waals surface area contributed by atoms with Gasteiger partial charge in [-0.15, -0.1) is 0 Å². The molecule has 0 saturated carbocycles. The van der Waals surface area contributed by atoms with E-state index in [1.54, 1.807) is 12.4 Å². The maximum Gasteiger partial charge on any atom is 1.00 e. The van der Waals surface area contributed by atoms with Crippen LogP contribution in [0.4, 0.5) is 12.9 Å². The zero-order chi connectivity index (χ0) is 10.2. The number of imidazole rings is 1. The molecule has 0 saturated heterocycles. The molecule has 0 fully saturated rings. The van der Waals surface area contributed by atoms with E-state index in [0.717, 1.165) is 5.82 Å². The second-order valence-electron chi connectivity index (χ2n) is 3.48. The minimum Gasteiger partial charge on any atom is -0.448 e. The van der Waals surface area contributed by atoms with Crippen molar-refractivity contribution in [3.8, 4) is 0 Å². The van der Waals surface area contributed by atoms with Gasteiger partial charge in [-0.3, -0.25) is 0 Å². The molecule has 2 rings (SSSR count). The normalized spacial score (nSPS) is 17.0. The Morgan fingerprint density at radius 2 is 2.07 bits per heavy atom. The number of aromatic nitrogens is 2. The number of halogens is 3. The van der Waals surface area contributed by atoms with E-state index in [9.17, 15) is 12.9 Å². The van der Waals surface area contributed by atoms with Gasteiger partial charge in [-0.1, -0.05) is 0 Å². The van der Waals surface area contributed by atoms with Crippen LogP contribution in [0.5, 0.6) is 0 Å². The molecule has 0 radical (unpaired) electrons. The van der Waals surface area contributed by atoms with E-state index in [-0.39, 0.29) is 51.4 Å². The van der Waals surface area contributed by atoms with Gasteiger partial charge in [0.2, 0.25) is 0 Å². The third-order valence-corrected chi connectivity index (χ3v) is 2.29. The molecule has 8 heteroatoms. The molecule has 0 spiro atoms. The van der Waals surface area contributed by atoms with Gasteiger partial charge >= 0.3 is 58.4 Å². The minimum absolute atomic E-state index is 0. The molecule has 1 aliphatic heterocycles. The van der Waals surface area contributed by atoms with Gasteiger partial charge in [0.05, 0.1) is 6.54 Å². The molecule has 1 aliphatic rings. The van der Waals surface area contributed by atoms with Crippen molar-refractivity contribution in [1.29, 1.82) is 0 Å². The molecule has 78 valence electrons. The van der Waals surface area contributed by atoms with Crippen molar-refractivity contribution in [3.63, 3.8) is 0 Å². The number of fused-ring (bicyclic) bond motifs is 1. The van der Waals surface area contributed by atoms with Crippen LogP contribution < -0.4 is 51.4 Å². The van der Waals surface area contributed by atoms with Crippen LogP contribution >= 0.6 is 0 Å². The molecule has 0 amide bonds. The van der Waals surface area contributed by atoms with Crippen molar-refractivity contribution < 1.29 is 64.3 Å². The summed E-state index contributed by atoms with van der Waals surface area (Å²) in [5, 5.41) is 0. The van der Waals surface area contributed by atoms with Crippen LogP contribution in [0.15, 0.2) is 12.4 Å². The summed E-state index contributed by atoms with van der Waals surface area (Å²) in [5.41, 5.74) is 0. The van der Waals surface area contributed by atoms with E-state index >= 15 is 0 Å². The van der Waals surface area contributed by atoms with Crippen LogP contribution in [-0.4, -0.2) is 34.4 Å². The Balaban J connectivity index is 0.00000112. The van der Waals surface area contributed by atoms with Crippen molar-refractivity contribution in [2.45, 2.75) is 13.1 Å². The molecular weight excluding hydrogens is 233 g/mol. The summed E-state index contributed by atoms with van der Waals surface area (Å²) in [6, 6.07) is 0. The summed E-state index contributed by atoms with van der Waals surface area (Å²) in [4.78, 5) is 5.39. The topological polar surface area (TPSA) is 21.1 Å². The van der Waals surface area contributed by atoms with Crippen molar-refractivity contribution in [1.82, 2.24) is 14.5 Å². The van der Waals surface area contributed by atoms with Gasteiger partial charge in [0.15, 0.2) is 0 Å². The van der Waals surface area contributed by atoms with Gasteiger partial charge in [-0.25, -0.2) is 4.98 Å². The third-order valence-electron chi connectivity index (χ3n) is 2.29. The van der Waals surface area contributed by atoms with Crippen molar-refractivity contribution in [2.75, 3.05) is 13.0 Å². The van der Waals surface area contributed by atoms with Crippen molar-refractivity contribution >= 4 is 6.98 Å². The Bertz CT molecular complexity index is 328. The molecule has 2 heterocycles. The van der Waals surface area contributed by atoms with Crippen molar-refractivity contribution in [3.05, 3.63) is 18.2 Å². The van der Waals surface area contributed by atoms with Crippen molar-refractivity contribution in [2.24, 2.45) is 0 Å². The zero-order valence-electron chi connectivity index (χ0n) is 8.54. The predicted molar refractivity (Wildman–Crippen MR) is 46.6 cm³/mol. The standard InChI is InChI=1S/C7H10BF3N3.K/c9-8(10,11)6-13-3-4-14-2-1-12-7(14)5-13;/h1-2H,3-6H2;/q-1;+1. The molecule has 15 heavy (non-hydrogen) atoms. The first-order chi connectivity index (χ1) is 6.54. The van der Waals surface area contributed by atoms with Crippen LogP contribution in [0.25, 0.3) is 0 Å². The fraction of sp³-hybridized carbons (Fsp3) is 0.571. The molecule has 0 bridgehead atoms. The van der Waals surface area contributed by atoms with Gasteiger partial charge in [-0.05, 0) is 6.44 Å². The van der Waals surface area contributed by atoms with E-state index < -0.39 is 13.4 Å². The van der Waals surface area contributed by atoms with E-state index in [1.807, 2.05) is 4.57 Å². The minimum atomic E-state index is -4.72. The molecule has 1 aromatic rings. The van der Waals surface area contributed by atoms with Gasteiger partial charge in [-0.2, -0.15) is 0 Å². The number of hydrogen-bond acceptors (Lipinski definition) is 2. The summed E-state index contributed by atoms with van der Waals surface area (Å²) in [5.74, 6) is 0.719. The Hall–Kier alpha value is 0.661. The molecule has 1 aromatic heterocycles. The summed E-state index contributed by atoms with van der Waals surface area (Å²) in [6.07, 6.45) is 2.63. The van der Waals surface area contributed by atoms with Crippen LogP contribution in [-0.2, 0) is 13.1 Å². The van der Waals surface area contributed by atoms with Gasteiger partial charge in [0, 0.05) is 25.5 Å². The molecular formula is C7H10BF3KN3. The first-order valence-electron chi connectivity index (χ1n) is 4.48. The molecule has 0 aromatic carbocycles. The zero-order valence-corrected chi connectivity index (χ0v) is 11.7. The number of hydrogen-bond donors (Lipinski definition) is 0. The molecule has 0 atom stereocenters. The number of nitrogens with zero attached hydrogens (tertiary/aromatic N) is 3. The smallest absolute Gasteiger partial charge is 0.448 e. The monoisotopic (exact) mass is 243 g/mol. The second-order valence-corrected chi connectivity index (χ2v) is 3.48. The largest absolute Gasteiger partial charge is 1.00 e. The third kappa shape index (κ3) is 3.86. The maximum absolute atomic E-state index is 12.1. The molecule has 3 nitrogen and oxygen atoms in total. The average Bonchev–Trinajstić information content (AvgIpc) is 2.47. The number of rotatable bonds is 2. The summed E-state index contributed by atoms with van der Waals surface area (Å²) < 4.78 is 38.3. The summed E-state index contributed by atoms with van der Waals surface area (Å²) >= 11 is 0. The second kappa shape index (κ2) is 5.33. The SMILES string of the molecule is F[B-](F)(F)CN1CCn2ccnc2C1.[K+]. The van der Waals surface area contributed by atoms with Crippen LogP contribution in [0, 0.1) is 0 Å². The van der Waals surface area contributed by atoms with Gasteiger partial charge in [0.25, 0.3) is 0 Å². The van der Waals surface area contributed by atoms with Crippen LogP contribution in [0.2, 0.25) is 0 Å². The first kappa shape index (κ1) is 13.7. The Kier molecular flexibility index (Phi) is 4.88. The van der Waals surface area contributed by atoms with E-state index in [0.29, 0.717) is 19.6 Å². The maximum atomic E-state index is 12.1. The van der Waals surface area contributed by atoms with Crippen LogP contribution in [0.3, 0.4) is 0 Å². The molecule has 0 aliphatic carbocycles. The predicted octanol–water partition coefficient (Wildman–Crippen LogP) is -1.91. The summed E-state index contributed by atoms with van der Waals surface area (Å²) in [7, 11) is 0. The Morgan fingerprint density at radius 1 is 1.33 bits per heavy atom. The average molecular weight is 243 g/mol. The van der Waals surface area contributed by atoms with Gasteiger partial charge in [0.1, 0.15) is 5.82 Å². The fourth-order valence-electron chi connectivity index (χ4n) is 1.67. The van der Waals surface area contributed by atoms with E-state index in [4.69, 9.17) is 0 Å². The summed E-state index contributed by atoms with van der Waals surface area (Å²) in [6.45, 7) is -3.37. The van der Waals surface area contributed by atoms with Crippen LogP contribution in [0.1, 0.15) is 5.82 Å². The quantitative estimate of drug-likeness (QED) is 0.565. The van der Waals surface area contributed by atoms with Gasteiger partial charge < -0.3 is 22.4 Å². The Labute approximate surface area is 129 Å². The first-order valence-corrected chi connectivity index (χ1v) is 4.48. The van der Waals surface area contributed by atoms with E-state index in [1.165, 1.54) is 4.90 Å².